The van der Waals surface area contributed by atoms with Crippen LogP contribution in [0.15, 0.2) is 40.8 Å². The maximum Gasteiger partial charge on any atom is 0.287 e. The molecular weight excluding hydrogens is 278 g/mol. The van der Waals surface area contributed by atoms with Gasteiger partial charge in [0, 0.05) is 5.56 Å². The fourth-order valence-electron chi connectivity index (χ4n) is 3.16. The molecule has 116 valence electrons. The Morgan fingerprint density at radius 3 is 2.45 bits per heavy atom. The molecule has 1 amide bonds. The van der Waals surface area contributed by atoms with Crippen LogP contribution in [-0.4, -0.2) is 11.0 Å². The summed E-state index contributed by atoms with van der Waals surface area (Å²) in [6.07, 6.45) is 0.891. The summed E-state index contributed by atoms with van der Waals surface area (Å²) in [5.74, 6) is 0.591. The Balaban J connectivity index is 1.88. The SMILES string of the molecule is Cc1oc(C(=O)NC2(c3ccccc3)CC2(C)C)cc1CO. The number of aryl methyl sites for hydroxylation is 1. The number of carbonyl (C=O) groups excluding carboxylic acids is 1. The molecule has 1 unspecified atom stereocenters. The van der Waals surface area contributed by atoms with Gasteiger partial charge in [-0.15, -0.1) is 0 Å². The average Bonchev–Trinajstić information content (AvgIpc) is 2.86. The van der Waals surface area contributed by atoms with Crippen LogP contribution in [0, 0.1) is 12.3 Å². The number of amides is 1. The summed E-state index contributed by atoms with van der Waals surface area (Å²) in [4.78, 5) is 12.6. The monoisotopic (exact) mass is 299 g/mol. The van der Waals surface area contributed by atoms with E-state index in [2.05, 4.69) is 19.2 Å². The zero-order valence-corrected chi connectivity index (χ0v) is 13.1. The third kappa shape index (κ3) is 2.24. The third-order valence-electron chi connectivity index (χ3n) is 4.75. The summed E-state index contributed by atoms with van der Waals surface area (Å²) in [6.45, 7) is 5.91. The maximum atomic E-state index is 12.6. The maximum absolute atomic E-state index is 12.6. The van der Waals surface area contributed by atoms with Gasteiger partial charge in [0.15, 0.2) is 5.76 Å². The van der Waals surface area contributed by atoms with Crippen molar-refractivity contribution in [3.8, 4) is 0 Å². The van der Waals surface area contributed by atoms with Gasteiger partial charge in [-0.2, -0.15) is 0 Å². The second-order valence-electron chi connectivity index (χ2n) is 6.64. The smallest absolute Gasteiger partial charge is 0.287 e. The van der Waals surface area contributed by atoms with Gasteiger partial charge in [-0.25, -0.2) is 0 Å². The van der Waals surface area contributed by atoms with Gasteiger partial charge in [0.2, 0.25) is 0 Å². The van der Waals surface area contributed by atoms with Crippen LogP contribution in [0.3, 0.4) is 0 Å². The van der Waals surface area contributed by atoms with E-state index in [1.807, 2.05) is 30.3 Å². The molecule has 0 saturated heterocycles. The quantitative estimate of drug-likeness (QED) is 0.911. The zero-order valence-electron chi connectivity index (χ0n) is 13.1. The number of rotatable bonds is 4. The molecule has 0 bridgehead atoms. The molecule has 1 aliphatic rings. The van der Waals surface area contributed by atoms with Crippen molar-refractivity contribution < 1.29 is 14.3 Å². The number of hydrogen-bond acceptors (Lipinski definition) is 3. The molecule has 1 aromatic carbocycles. The normalized spacial score (nSPS) is 22.4. The molecule has 4 heteroatoms. The van der Waals surface area contributed by atoms with Crippen molar-refractivity contribution in [2.45, 2.75) is 39.3 Å². The molecule has 22 heavy (non-hydrogen) atoms. The molecule has 0 aliphatic heterocycles. The van der Waals surface area contributed by atoms with Crippen molar-refractivity contribution in [3.63, 3.8) is 0 Å². The average molecular weight is 299 g/mol. The zero-order chi connectivity index (χ0) is 16.0. The van der Waals surface area contributed by atoms with E-state index in [9.17, 15) is 9.90 Å². The van der Waals surface area contributed by atoms with Crippen molar-refractivity contribution >= 4 is 5.91 Å². The highest BCUT2D eigenvalue weighted by Gasteiger charge is 2.63. The molecule has 4 nitrogen and oxygen atoms in total. The Kier molecular flexibility index (Phi) is 3.37. The topological polar surface area (TPSA) is 62.5 Å². The first-order valence-corrected chi connectivity index (χ1v) is 7.48. The summed E-state index contributed by atoms with van der Waals surface area (Å²) >= 11 is 0. The number of aliphatic hydroxyl groups excluding tert-OH is 1. The van der Waals surface area contributed by atoms with E-state index in [1.54, 1.807) is 13.0 Å². The molecule has 0 spiro atoms. The summed E-state index contributed by atoms with van der Waals surface area (Å²) in [5.41, 5.74) is 1.41. The van der Waals surface area contributed by atoms with Gasteiger partial charge in [-0.05, 0) is 30.4 Å². The Morgan fingerprint density at radius 2 is 1.95 bits per heavy atom. The standard InChI is InChI=1S/C18H21NO3/c1-12-13(10-20)9-15(22-12)16(21)19-18(11-17(18,2)3)14-7-5-4-6-8-14/h4-9,20H,10-11H2,1-3H3,(H,19,21). The Morgan fingerprint density at radius 1 is 1.32 bits per heavy atom. The number of hydrogen-bond donors (Lipinski definition) is 2. The molecule has 1 fully saturated rings. The van der Waals surface area contributed by atoms with Gasteiger partial charge in [-0.1, -0.05) is 44.2 Å². The van der Waals surface area contributed by atoms with Crippen molar-refractivity contribution in [1.82, 2.24) is 5.32 Å². The first kappa shape index (κ1) is 14.9. The van der Waals surface area contributed by atoms with E-state index in [4.69, 9.17) is 4.42 Å². The molecule has 1 aromatic heterocycles. The van der Waals surface area contributed by atoms with Crippen molar-refractivity contribution in [2.24, 2.45) is 5.41 Å². The van der Waals surface area contributed by atoms with Crippen molar-refractivity contribution in [2.75, 3.05) is 0 Å². The minimum atomic E-state index is -0.356. The van der Waals surface area contributed by atoms with E-state index in [1.165, 1.54) is 0 Å². The van der Waals surface area contributed by atoms with E-state index in [0.717, 1.165) is 12.0 Å². The number of aliphatic hydroxyl groups is 1. The van der Waals surface area contributed by atoms with Crippen LogP contribution in [0.4, 0.5) is 0 Å². The first-order valence-electron chi connectivity index (χ1n) is 7.48. The van der Waals surface area contributed by atoms with Crippen LogP contribution in [0.5, 0.6) is 0 Å². The minimum absolute atomic E-state index is 0.00542. The third-order valence-corrected chi connectivity index (χ3v) is 4.75. The van der Waals surface area contributed by atoms with Gasteiger partial charge < -0.3 is 14.8 Å². The molecule has 0 radical (unpaired) electrons. The molecular formula is C18H21NO3. The van der Waals surface area contributed by atoms with Crippen LogP contribution < -0.4 is 5.32 Å². The molecule has 1 aliphatic carbocycles. The fraction of sp³-hybridized carbons (Fsp3) is 0.389. The van der Waals surface area contributed by atoms with Crippen molar-refractivity contribution in [1.29, 1.82) is 0 Å². The molecule has 2 N–H and O–H groups in total. The molecule has 1 heterocycles. The molecule has 1 saturated carbocycles. The van der Waals surface area contributed by atoms with Crippen LogP contribution in [-0.2, 0) is 12.1 Å². The number of carbonyl (C=O) groups is 1. The van der Waals surface area contributed by atoms with Gasteiger partial charge in [0.05, 0.1) is 12.1 Å². The minimum Gasteiger partial charge on any atom is -0.456 e. The lowest BCUT2D eigenvalue weighted by molar-refractivity contribution is 0.0890. The van der Waals surface area contributed by atoms with Gasteiger partial charge in [-0.3, -0.25) is 4.79 Å². The second kappa shape index (κ2) is 4.99. The lowest BCUT2D eigenvalue weighted by Gasteiger charge is -2.22. The van der Waals surface area contributed by atoms with Gasteiger partial charge in [0.1, 0.15) is 5.76 Å². The summed E-state index contributed by atoms with van der Waals surface area (Å²) < 4.78 is 5.47. The van der Waals surface area contributed by atoms with E-state index in [0.29, 0.717) is 11.3 Å². The van der Waals surface area contributed by atoms with Crippen molar-refractivity contribution in [3.05, 3.63) is 59.0 Å². The lowest BCUT2D eigenvalue weighted by atomic mass is 9.96. The Hall–Kier alpha value is -2.07. The van der Waals surface area contributed by atoms with Crippen LogP contribution >= 0.6 is 0 Å². The highest BCUT2D eigenvalue weighted by Crippen LogP contribution is 2.62. The number of nitrogens with one attached hydrogen (secondary N) is 1. The largest absolute Gasteiger partial charge is 0.456 e. The Bertz CT molecular complexity index is 702. The first-order chi connectivity index (χ1) is 10.4. The second-order valence-corrected chi connectivity index (χ2v) is 6.64. The van der Waals surface area contributed by atoms with E-state index in [-0.39, 0.29) is 29.2 Å². The summed E-state index contributed by atoms with van der Waals surface area (Å²) in [7, 11) is 0. The number of benzene rings is 1. The molecule has 1 atom stereocenters. The van der Waals surface area contributed by atoms with Crippen LogP contribution in [0.1, 0.15) is 47.7 Å². The highest BCUT2D eigenvalue weighted by atomic mass is 16.4. The predicted octanol–water partition coefficient (Wildman–Crippen LogP) is 3.14. The van der Waals surface area contributed by atoms with Gasteiger partial charge in [0.25, 0.3) is 5.91 Å². The lowest BCUT2D eigenvalue weighted by Crippen LogP contribution is -2.38. The summed E-state index contributed by atoms with van der Waals surface area (Å²) in [6, 6.07) is 11.6. The molecule has 3 rings (SSSR count). The summed E-state index contributed by atoms with van der Waals surface area (Å²) in [5, 5.41) is 12.4. The molecule has 2 aromatic rings. The fourth-order valence-corrected chi connectivity index (χ4v) is 3.16. The Labute approximate surface area is 130 Å². The van der Waals surface area contributed by atoms with Crippen LogP contribution in [0.25, 0.3) is 0 Å². The number of furan rings is 1. The van der Waals surface area contributed by atoms with Crippen LogP contribution in [0.2, 0.25) is 0 Å². The van der Waals surface area contributed by atoms with E-state index >= 15 is 0 Å². The predicted molar refractivity (Wildman–Crippen MR) is 83.4 cm³/mol. The highest BCUT2D eigenvalue weighted by molar-refractivity contribution is 5.93. The van der Waals surface area contributed by atoms with E-state index < -0.39 is 0 Å². The van der Waals surface area contributed by atoms with Gasteiger partial charge >= 0.3 is 0 Å².